The van der Waals surface area contributed by atoms with E-state index in [1.54, 1.807) is 25.1 Å². The van der Waals surface area contributed by atoms with Crippen LogP contribution in [-0.4, -0.2) is 24.8 Å². The third-order valence-electron chi connectivity index (χ3n) is 3.67. The highest BCUT2D eigenvalue weighted by molar-refractivity contribution is 5.85. The van der Waals surface area contributed by atoms with Crippen molar-refractivity contribution in [1.82, 2.24) is 5.32 Å². The lowest BCUT2D eigenvalue weighted by Gasteiger charge is -2.15. The molecule has 2 aromatic rings. The lowest BCUT2D eigenvalue weighted by atomic mass is 10.1. The van der Waals surface area contributed by atoms with Crippen LogP contribution in [0.4, 0.5) is 15.3 Å². The smallest absolute Gasteiger partial charge is 0.412 e. The molecule has 0 aliphatic rings. The molecule has 6 nitrogen and oxygen atoms in total. The van der Waals surface area contributed by atoms with Crippen molar-refractivity contribution >= 4 is 17.9 Å². The summed E-state index contributed by atoms with van der Waals surface area (Å²) < 4.78 is 10.4. The maximum absolute atomic E-state index is 12.0. The fourth-order valence-electron chi connectivity index (χ4n) is 2.28. The molecule has 0 aliphatic carbocycles. The molecule has 0 heterocycles. The van der Waals surface area contributed by atoms with Gasteiger partial charge in [-0.2, -0.15) is 0 Å². The van der Waals surface area contributed by atoms with E-state index in [0.717, 1.165) is 16.7 Å². The first kappa shape index (κ1) is 19.3. The highest BCUT2D eigenvalue weighted by Gasteiger charge is 2.13. The highest BCUT2D eigenvalue weighted by Crippen LogP contribution is 2.16. The van der Waals surface area contributed by atoms with Gasteiger partial charge in [-0.25, -0.2) is 9.59 Å². The monoisotopic (exact) mass is 356 g/mol. The molecule has 2 rings (SSSR count). The van der Waals surface area contributed by atoms with Gasteiger partial charge in [0.25, 0.3) is 0 Å². The van der Waals surface area contributed by atoms with Crippen molar-refractivity contribution in [2.75, 3.05) is 11.9 Å². The molecule has 0 aromatic heterocycles. The highest BCUT2D eigenvalue weighted by atomic mass is 16.6. The van der Waals surface area contributed by atoms with Gasteiger partial charge < -0.3 is 14.8 Å². The van der Waals surface area contributed by atoms with Crippen LogP contribution in [0.3, 0.4) is 0 Å². The number of anilines is 1. The molecule has 0 aliphatic heterocycles. The molecule has 138 valence electrons. The summed E-state index contributed by atoms with van der Waals surface area (Å²) in [5.74, 6) is 0.462. The van der Waals surface area contributed by atoms with Gasteiger partial charge >= 0.3 is 12.2 Å². The number of hydrogen-bond acceptors (Lipinski definition) is 4. The average molecular weight is 356 g/mol. The molecule has 1 atom stereocenters. The van der Waals surface area contributed by atoms with E-state index in [-0.39, 0.29) is 6.54 Å². The van der Waals surface area contributed by atoms with Gasteiger partial charge in [-0.05, 0) is 62.6 Å². The van der Waals surface area contributed by atoms with Crippen molar-refractivity contribution in [2.24, 2.45) is 0 Å². The van der Waals surface area contributed by atoms with Crippen molar-refractivity contribution < 1.29 is 19.1 Å². The Hall–Kier alpha value is -3.02. The van der Waals surface area contributed by atoms with Gasteiger partial charge in [0.05, 0.1) is 6.54 Å². The third kappa shape index (κ3) is 6.12. The number of ether oxygens (including phenoxy) is 2. The van der Waals surface area contributed by atoms with Gasteiger partial charge in [0.2, 0.25) is 0 Å². The lowest BCUT2D eigenvalue weighted by molar-refractivity contribution is 0.118. The Kier molecular flexibility index (Phi) is 6.60. The summed E-state index contributed by atoms with van der Waals surface area (Å²) in [6.07, 6.45) is -1.67. The first-order chi connectivity index (χ1) is 12.3. The number of carbonyl (C=O) groups is 2. The zero-order chi connectivity index (χ0) is 19.1. The molecule has 0 radical (unpaired) electrons. The van der Waals surface area contributed by atoms with Gasteiger partial charge in [0.1, 0.15) is 11.9 Å². The molecular weight excluding hydrogens is 332 g/mol. The van der Waals surface area contributed by atoms with Crippen molar-refractivity contribution in [3.8, 4) is 5.75 Å². The van der Waals surface area contributed by atoms with Crippen LogP contribution in [0.15, 0.2) is 42.5 Å². The van der Waals surface area contributed by atoms with Gasteiger partial charge in [0, 0.05) is 5.69 Å². The molecule has 2 N–H and O–H groups in total. The molecule has 0 bridgehead atoms. The fraction of sp³-hybridized carbons (Fsp3) is 0.300. The summed E-state index contributed by atoms with van der Waals surface area (Å²) >= 11 is 0. The van der Waals surface area contributed by atoms with Crippen LogP contribution in [0, 0.1) is 20.8 Å². The van der Waals surface area contributed by atoms with Crippen LogP contribution < -0.4 is 15.4 Å². The second-order valence-electron chi connectivity index (χ2n) is 6.25. The first-order valence-corrected chi connectivity index (χ1v) is 8.40. The Morgan fingerprint density at radius 3 is 2.46 bits per heavy atom. The van der Waals surface area contributed by atoms with Crippen LogP contribution in [0.25, 0.3) is 0 Å². The molecule has 0 spiro atoms. The van der Waals surface area contributed by atoms with E-state index in [1.165, 1.54) is 0 Å². The quantitative estimate of drug-likeness (QED) is 0.836. The zero-order valence-corrected chi connectivity index (χ0v) is 15.5. The van der Waals surface area contributed by atoms with E-state index in [9.17, 15) is 9.59 Å². The summed E-state index contributed by atoms with van der Waals surface area (Å²) in [4.78, 5) is 23.8. The molecule has 2 aromatic carbocycles. The zero-order valence-electron chi connectivity index (χ0n) is 15.5. The van der Waals surface area contributed by atoms with Gasteiger partial charge in [-0.15, -0.1) is 0 Å². The molecular formula is C20H24N2O4. The number of nitrogens with one attached hydrogen (secondary N) is 2. The lowest BCUT2D eigenvalue weighted by Crippen LogP contribution is -2.35. The maximum Gasteiger partial charge on any atom is 0.412 e. The molecule has 0 saturated heterocycles. The number of aryl methyl sites for hydroxylation is 3. The molecule has 26 heavy (non-hydrogen) atoms. The van der Waals surface area contributed by atoms with Crippen molar-refractivity contribution in [2.45, 2.75) is 33.8 Å². The summed E-state index contributed by atoms with van der Waals surface area (Å²) in [6.45, 7) is 7.60. The Balaban J connectivity index is 1.77. The van der Waals surface area contributed by atoms with Gasteiger partial charge in [-0.1, -0.05) is 24.3 Å². The number of carbonyl (C=O) groups excluding carboxylic acids is 2. The fourth-order valence-corrected chi connectivity index (χ4v) is 2.28. The normalized spacial score (nSPS) is 11.4. The summed E-state index contributed by atoms with van der Waals surface area (Å²) in [6, 6.07) is 13.0. The Morgan fingerprint density at radius 2 is 1.73 bits per heavy atom. The first-order valence-electron chi connectivity index (χ1n) is 8.40. The van der Waals surface area contributed by atoms with Crippen molar-refractivity contribution in [3.05, 3.63) is 59.2 Å². The van der Waals surface area contributed by atoms with E-state index in [2.05, 4.69) is 10.6 Å². The van der Waals surface area contributed by atoms with Crippen LogP contribution in [0.1, 0.15) is 23.6 Å². The van der Waals surface area contributed by atoms with Crippen LogP contribution in [-0.2, 0) is 4.74 Å². The van der Waals surface area contributed by atoms with Crippen molar-refractivity contribution in [1.29, 1.82) is 0 Å². The molecule has 6 heteroatoms. The van der Waals surface area contributed by atoms with E-state index in [4.69, 9.17) is 9.47 Å². The number of rotatable bonds is 5. The third-order valence-corrected chi connectivity index (χ3v) is 3.67. The second kappa shape index (κ2) is 8.89. The molecule has 0 saturated carbocycles. The predicted molar refractivity (Wildman–Crippen MR) is 101 cm³/mol. The number of amides is 2. The maximum atomic E-state index is 12.0. The van der Waals surface area contributed by atoms with E-state index in [0.29, 0.717) is 11.4 Å². The topological polar surface area (TPSA) is 76.7 Å². The summed E-state index contributed by atoms with van der Waals surface area (Å²) in [5, 5.41) is 5.28. The Bertz CT molecular complexity index is 789. The second-order valence-corrected chi connectivity index (χ2v) is 6.25. The minimum Gasteiger partial charge on any atom is -0.444 e. The number of hydrogen-bond donors (Lipinski definition) is 2. The van der Waals surface area contributed by atoms with Gasteiger partial charge in [0.15, 0.2) is 0 Å². The molecule has 2 amide bonds. The van der Waals surface area contributed by atoms with Crippen LogP contribution in [0.2, 0.25) is 0 Å². The van der Waals surface area contributed by atoms with Crippen molar-refractivity contribution in [3.63, 3.8) is 0 Å². The Morgan fingerprint density at radius 1 is 1.00 bits per heavy atom. The van der Waals surface area contributed by atoms with Gasteiger partial charge in [-0.3, -0.25) is 5.32 Å². The largest absolute Gasteiger partial charge is 0.444 e. The van der Waals surface area contributed by atoms with Crippen LogP contribution >= 0.6 is 0 Å². The molecule has 0 fully saturated rings. The van der Waals surface area contributed by atoms with Crippen LogP contribution in [0.5, 0.6) is 5.75 Å². The summed E-state index contributed by atoms with van der Waals surface area (Å²) in [7, 11) is 0. The molecule has 1 unspecified atom stereocenters. The SMILES string of the molecule is Cc1cccc(OC(=O)NCC(C)OC(=O)Nc2cc(C)ccc2C)c1. The van der Waals surface area contributed by atoms with E-state index < -0.39 is 18.3 Å². The van der Waals surface area contributed by atoms with E-state index in [1.807, 2.05) is 45.0 Å². The minimum atomic E-state index is -0.596. The Labute approximate surface area is 153 Å². The summed E-state index contributed by atoms with van der Waals surface area (Å²) in [5.41, 5.74) is 3.68. The minimum absolute atomic E-state index is 0.144. The van der Waals surface area contributed by atoms with E-state index >= 15 is 0 Å². The number of benzene rings is 2. The predicted octanol–water partition coefficient (Wildman–Crippen LogP) is 4.34. The average Bonchev–Trinajstić information content (AvgIpc) is 2.56. The standard InChI is InChI=1S/C20H24N2O4/c1-13-6-5-7-17(10-13)26-19(23)21-12-16(4)25-20(24)22-18-11-14(2)8-9-15(18)3/h5-11,16H,12H2,1-4H3,(H,21,23)(H,22,24).